The molecule has 0 spiro atoms. The Kier molecular flexibility index (Phi) is 9.95. The zero-order chi connectivity index (χ0) is 4.28. The van der Waals surface area contributed by atoms with Crippen LogP contribution in [0, 0.1) is 5.92 Å². The zero-order valence-corrected chi connectivity index (χ0v) is 4.63. The van der Waals surface area contributed by atoms with Crippen LogP contribution in [0.1, 0.15) is 13.8 Å². The van der Waals surface area contributed by atoms with Crippen LogP contribution >= 0.6 is 12.6 Å². The monoisotopic (exact) mass is 98.1 g/mol. The first-order valence-electron chi connectivity index (χ1n) is 1.88. The first-order valence-corrected chi connectivity index (χ1v) is 2.51. The van der Waals surface area contributed by atoms with Gasteiger partial charge in [0.15, 0.2) is 0 Å². The number of thiol groups is 1. The predicted octanol–water partition coefficient (Wildman–Crippen LogP) is 0.924. The van der Waals surface area contributed by atoms with E-state index in [1.807, 2.05) is 0 Å². The molecule has 0 aliphatic heterocycles. The summed E-state index contributed by atoms with van der Waals surface area (Å²) in [6.45, 7) is 4.29. The summed E-state index contributed by atoms with van der Waals surface area (Å²) in [4.78, 5) is 0. The third-order valence-corrected chi connectivity index (χ3v) is 1.10. The summed E-state index contributed by atoms with van der Waals surface area (Å²) >= 11 is 4.02. The number of rotatable bonds is 1. The molecular formula is C4H11LiS. The average Bonchev–Trinajstić information content (AvgIpc) is 1.38. The van der Waals surface area contributed by atoms with E-state index in [1.165, 1.54) is 0 Å². The Morgan fingerprint density at radius 2 is 1.67 bits per heavy atom. The topological polar surface area (TPSA) is 0 Å². The summed E-state index contributed by atoms with van der Waals surface area (Å²) in [5.41, 5.74) is 0. The van der Waals surface area contributed by atoms with Gasteiger partial charge in [-0.3, -0.25) is 0 Å². The quantitative estimate of drug-likeness (QED) is 0.366. The van der Waals surface area contributed by atoms with E-state index in [1.54, 1.807) is 0 Å². The van der Waals surface area contributed by atoms with Gasteiger partial charge in [0, 0.05) is 0 Å². The normalized spacial score (nSPS) is 8.00. The third kappa shape index (κ3) is 8.87. The van der Waals surface area contributed by atoms with Crippen LogP contribution < -0.4 is 0 Å². The molecule has 0 rings (SSSR count). The molecule has 34 valence electrons. The van der Waals surface area contributed by atoms with Gasteiger partial charge >= 0.3 is 18.9 Å². The van der Waals surface area contributed by atoms with Crippen LogP contribution in [-0.4, -0.2) is 24.6 Å². The van der Waals surface area contributed by atoms with Gasteiger partial charge in [0.25, 0.3) is 0 Å². The molecule has 0 heterocycles. The molecule has 0 aromatic heterocycles. The molecule has 0 amide bonds. The maximum atomic E-state index is 4.02. The van der Waals surface area contributed by atoms with Crippen LogP contribution in [0.25, 0.3) is 0 Å². The van der Waals surface area contributed by atoms with Crippen molar-refractivity contribution < 1.29 is 0 Å². The second-order valence-corrected chi connectivity index (χ2v) is 1.94. The van der Waals surface area contributed by atoms with Gasteiger partial charge in [0.05, 0.1) is 0 Å². The fourth-order valence-electron chi connectivity index (χ4n) is 0. The van der Waals surface area contributed by atoms with Crippen molar-refractivity contribution in [1.82, 2.24) is 0 Å². The third-order valence-electron chi connectivity index (χ3n) is 0.365. The van der Waals surface area contributed by atoms with Gasteiger partial charge in [0.1, 0.15) is 0 Å². The molecule has 0 unspecified atom stereocenters. The first-order chi connectivity index (χ1) is 2.27. The van der Waals surface area contributed by atoms with Crippen molar-refractivity contribution >= 4 is 31.5 Å². The Morgan fingerprint density at radius 3 is 1.67 bits per heavy atom. The van der Waals surface area contributed by atoms with Crippen molar-refractivity contribution in [3.8, 4) is 0 Å². The van der Waals surface area contributed by atoms with Crippen LogP contribution in [-0.2, 0) is 0 Å². The molecule has 6 heavy (non-hydrogen) atoms. The molecule has 0 aromatic rings. The Morgan fingerprint density at radius 1 is 1.50 bits per heavy atom. The number of hydrogen-bond acceptors (Lipinski definition) is 1. The molecule has 0 saturated carbocycles. The second-order valence-electron chi connectivity index (χ2n) is 1.58. The molecule has 0 fully saturated rings. The molecule has 0 saturated heterocycles. The second kappa shape index (κ2) is 5.95. The van der Waals surface area contributed by atoms with Crippen molar-refractivity contribution in [3.05, 3.63) is 0 Å². The van der Waals surface area contributed by atoms with Gasteiger partial charge in [-0.15, -0.1) is 0 Å². The fraction of sp³-hybridized carbons (Fsp3) is 1.00. The van der Waals surface area contributed by atoms with Crippen LogP contribution in [0.2, 0.25) is 0 Å². The standard InChI is InChI=1S/C4H10S.Li.H/c1-4(2)3-5;;/h4-5H,3H2,1-2H3;;. The summed E-state index contributed by atoms with van der Waals surface area (Å²) in [5.74, 6) is 1.75. The molecule has 2 heteroatoms. The molecular weight excluding hydrogens is 87.1 g/mol. The Bertz CT molecular complexity index is 21.5. The van der Waals surface area contributed by atoms with Crippen molar-refractivity contribution in [2.45, 2.75) is 13.8 Å². The van der Waals surface area contributed by atoms with E-state index in [0.717, 1.165) is 11.7 Å². The van der Waals surface area contributed by atoms with Crippen molar-refractivity contribution in [1.29, 1.82) is 0 Å². The van der Waals surface area contributed by atoms with E-state index in [0.29, 0.717) is 0 Å². The van der Waals surface area contributed by atoms with E-state index in [4.69, 9.17) is 0 Å². The van der Waals surface area contributed by atoms with Gasteiger partial charge in [-0.05, 0) is 11.7 Å². The van der Waals surface area contributed by atoms with Gasteiger partial charge in [-0.1, -0.05) is 13.8 Å². The minimum atomic E-state index is 0. The molecule has 0 N–H and O–H groups in total. The van der Waals surface area contributed by atoms with E-state index in [2.05, 4.69) is 26.5 Å². The summed E-state index contributed by atoms with van der Waals surface area (Å²) < 4.78 is 0. The molecule has 0 aliphatic carbocycles. The Balaban J connectivity index is 0. The summed E-state index contributed by atoms with van der Waals surface area (Å²) in [6.07, 6.45) is 0. The van der Waals surface area contributed by atoms with Crippen LogP contribution in [0.4, 0.5) is 0 Å². The van der Waals surface area contributed by atoms with Gasteiger partial charge in [-0.2, -0.15) is 12.6 Å². The molecule has 0 radical (unpaired) electrons. The molecule has 0 bridgehead atoms. The zero-order valence-electron chi connectivity index (χ0n) is 3.73. The van der Waals surface area contributed by atoms with E-state index in [-0.39, 0.29) is 18.9 Å². The molecule has 0 atom stereocenters. The van der Waals surface area contributed by atoms with Gasteiger partial charge < -0.3 is 0 Å². The van der Waals surface area contributed by atoms with Crippen molar-refractivity contribution in [3.63, 3.8) is 0 Å². The molecule has 0 aromatic carbocycles. The SMILES string of the molecule is CC(C)CS.[LiH]. The number of hydrogen-bond donors (Lipinski definition) is 1. The molecule has 0 nitrogen and oxygen atoms in total. The van der Waals surface area contributed by atoms with E-state index < -0.39 is 0 Å². The maximum absolute atomic E-state index is 4.02. The van der Waals surface area contributed by atoms with E-state index >= 15 is 0 Å². The Labute approximate surface area is 57.3 Å². The summed E-state index contributed by atoms with van der Waals surface area (Å²) in [5, 5.41) is 0. The van der Waals surface area contributed by atoms with Crippen LogP contribution in [0.3, 0.4) is 0 Å². The first kappa shape index (κ1) is 10.0. The van der Waals surface area contributed by atoms with Gasteiger partial charge in [-0.25, -0.2) is 0 Å². The van der Waals surface area contributed by atoms with Crippen LogP contribution in [0.15, 0.2) is 0 Å². The predicted molar refractivity (Wildman–Crippen MR) is 35.8 cm³/mol. The summed E-state index contributed by atoms with van der Waals surface area (Å²) in [6, 6.07) is 0. The Hall–Kier alpha value is 0.947. The van der Waals surface area contributed by atoms with E-state index in [9.17, 15) is 0 Å². The molecule has 0 aliphatic rings. The summed E-state index contributed by atoms with van der Waals surface area (Å²) in [7, 11) is 0. The van der Waals surface area contributed by atoms with Crippen molar-refractivity contribution in [2.24, 2.45) is 5.92 Å². The van der Waals surface area contributed by atoms with Crippen LogP contribution in [0.5, 0.6) is 0 Å². The average molecular weight is 98.1 g/mol. The van der Waals surface area contributed by atoms with Crippen molar-refractivity contribution in [2.75, 3.05) is 5.75 Å². The minimum absolute atomic E-state index is 0. The fourth-order valence-corrected chi connectivity index (χ4v) is 0. The van der Waals surface area contributed by atoms with Gasteiger partial charge in [0.2, 0.25) is 0 Å².